The first-order valence-electron chi connectivity index (χ1n) is 10.2. The van der Waals surface area contributed by atoms with E-state index in [0.29, 0.717) is 22.9 Å². The molecule has 0 spiro atoms. The fourth-order valence-corrected chi connectivity index (χ4v) is 3.10. The molecule has 1 aliphatic rings. The van der Waals surface area contributed by atoms with Crippen molar-refractivity contribution in [1.29, 1.82) is 5.41 Å². The van der Waals surface area contributed by atoms with E-state index in [2.05, 4.69) is 25.6 Å². The average molecular weight is 429 g/mol. The molecule has 0 unspecified atom stereocenters. The van der Waals surface area contributed by atoms with E-state index in [4.69, 9.17) is 16.9 Å². The zero-order valence-electron chi connectivity index (χ0n) is 18.4. The van der Waals surface area contributed by atoms with Crippen LogP contribution in [0.15, 0.2) is 83.1 Å². The van der Waals surface area contributed by atoms with Crippen LogP contribution in [0.2, 0.25) is 0 Å². The van der Waals surface area contributed by atoms with Crippen LogP contribution in [-0.2, 0) is 0 Å². The van der Waals surface area contributed by atoms with Crippen LogP contribution in [0, 0.1) is 11.3 Å². The van der Waals surface area contributed by atoms with E-state index >= 15 is 0 Å². The molecule has 0 bridgehead atoms. The number of nitrogens with two attached hydrogens (primary N) is 2. The molecule has 2 aromatic rings. The average Bonchev–Trinajstić information content (AvgIpc) is 2.80. The standard InChI is InChI=1S/C24H28N8/c1-15(2)17(12-25)11-22(26)32-23-5-4-20-21(31-23)10-18(13-30-20)19(14-28-3)24(27)16-6-8-29-9-7-16/h4-15,25,28-29H,27H2,1-3H3,(H2,26,31,32)/b17-11?,19-14-,25-12?. The van der Waals surface area contributed by atoms with Gasteiger partial charge < -0.3 is 27.5 Å². The van der Waals surface area contributed by atoms with E-state index in [1.165, 1.54) is 6.21 Å². The van der Waals surface area contributed by atoms with E-state index in [1.54, 1.807) is 18.3 Å². The molecule has 0 saturated carbocycles. The minimum Gasteiger partial charge on any atom is -0.398 e. The molecule has 0 radical (unpaired) electrons. The number of dihydropyridines is 1. The van der Waals surface area contributed by atoms with Gasteiger partial charge in [-0.3, -0.25) is 4.98 Å². The normalized spacial score (nSPS) is 14.6. The maximum Gasteiger partial charge on any atom is 0.155 e. The molecule has 32 heavy (non-hydrogen) atoms. The van der Waals surface area contributed by atoms with Gasteiger partial charge in [-0.15, -0.1) is 0 Å². The quantitative estimate of drug-likeness (QED) is 0.339. The first-order chi connectivity index (χ1) is 15.4. The fraction of sp³-hybridized carbons (Fsp3) is 0.167. The number of aromatic nitrogens is 2. The Morgan fingerprint density at radius 2 is 1.94 bits per heavy atom. The molecule has 0 amide bonds. The van der Waals surface area contributed by atoms with Crippen molar-refractivity contribution < 1.29 is 0 Å². The lowest BCUT2D eigenvalue weighted by molar-refractivity contribution is 0.806. The van der Waals surface area contributed by atoms with Crippen molar-refractivity contribution in [3.63, 3.8) is 0 Å². The van der Waals surface area contributed by atoms with Gasteiger partial charge in [-0.05, 0) is 47.9 Å². The Balaban J connectivity index is 2.02. The van der Waals surface area contributed by atoms with E-state index < -0.39 is 0 Å². The van der Waals surface area contributed by atoms with Gasteiger partial charge >= 0.3 is 0 Å². The number of hydrogen-bond acceptors (Lipinski definition) is 7. The van der Waals surface area contributed by atoms with Gasteiger partial charge in [0.05, 0.1) is 11.0 Å². The highest BCUT2D eigenvalue weighted by Crippen LogP contribution is 2.26. The first kappa shape index (κ1) is 22.5. The van der Waals surface area contributed by atoms with Crippen molar-refractivity contribution in [2.75, 3.05) is 7.05 Å². The molecular weight excluding hydrogens is 400 g/mol. The van der Waals surface area contributed by atoms with Gasteiger partial charge in [0.25, 0.3) is 0 Å². The Bertz CT molecular complexity index is 1180. The topological polar surface area (TPSA) is 138 Å². The molecule has 164 valence electrons. The van der Waals surface area contributed by atoms with Gasteiger partial charge in [-0.1, -0.05) is 13.8 Å². The lowest BCUT2D eigenvalue weighted by Crippen LogP contribution is -2.10. The second kappa shape index (κ2) is 10.2. The van der Waals surface area contributed by atoms with Gasteiger partial charge in [0, 0.05) is 60.5 Å². The zero-order chi connectivity index (χ0) is 23.1. The number of nitrogens with one attached hydrogen (secondary N) is 3. The largest absolute Gasteiger partial charge is 0.398 e. The summed E-state index contributed by atoms with van der Waals surface area (Å²) in [5, 5.41) is 13.6. The van der Waals surface area contributed by atoms with E-state index in [0.717, 1.165) is 27.8 Å². The summed E-state index contributed by atoms with van der Waals surface area (Å²) < 4.78 is 0. The van der Waals surface area contributed by atoms with Crippen molar-refractivity contribution in [1.82, 2.24) is 20.6 Å². The van der Waals surface area contributed by atoms with Crippen LogP contribution in [0.3, 0.4) is 0 Å². The fourth-order valence-electron chi connectivity index (χ4n) is 3.10. The van der Waals surface area contributed by atoms with E-state index in [1.807, 2.05) is 63.8 Å². The molecular formula is C24H28N8. The summed E-state index contributed by atoms with van der Waals surface area (Å²) in [4.78, 5) is 13.5. The molecule has 0 fully saturated rings. The summed E-state index contributed by atoms with van der Waals surface area (Å²) in [6, 6.07) is 5.54. The first-order valence-corrected chi connectivity index (χ1v) is 10.2. The number of aliphatic imine (C=N–C) groups is 1. The molecule has 2 aromatic heterocycles. The lowest BCUT2D eigenvalue weighted by Gasteiger charge is -2.13. The number of fused-ring (bicyclic) bond motifs is 1. The van der Waals surface area contributed by atoms with Crippen molar-refractivity contribution in [3.8, 4) is 0 Å². The Morgan fingerprint density at radius 3 is 2.59 bits per heavy atom. The Kier molecular flexibility index (Phi) is 7.17. The van der Waals surface area contributed by atoms with Gasteiger partial charge in [0.15, 0.2) is 5.82 Å². The number of nitrogens with zero attached hydrogens (tertiary/aromatic N) is 3. The van der Waals surface area contributed by atoms with Crippen LogP contribution in [-0.4, -0.2) is 29.1 Å². The molecule has 0 aliphatic carbocycles. The van der Waals surface area contributed by atoms with Crippen LogP contribution in [0.5, 0.6) is 0 Å². The highest BCUT2D eigenvalue weighted by molar-refractivity contribution is 5.98. The van der Waals surface area contributed by atoms with Crippen LogP contribution in [0.1, 0.15) is 19.4 Å². The van der Waals surface area contributed by atoms with Crippen LogP contribution >= 0.6 is 0 Å². The Hall–Kier alpha value is -4.20. The molecule has 7 N–H and O–H groups in total. The van der Waals surface area contributed by atoms with Crippen molar-refractivity contribution in [2.24, 2.45) is 22.4 Å². The maximum absolute atomic E-state index is 7.51. The molecule has 0 aromatic carbocycles. The maximum atomic E-state index is 7.51. The number of amidine groups is 1. The second-order valence-corrected chi connectivity index (χ2v) is 7.46. The highest BCUT2D eigenvalue weighted by Gasteiger charge is 2.11. The van der Waals surface area contributed by atoms with E-state index in [9.17, 15) is 0 Å². The van der Waals surface area contributed by atoms with E-state index in [-0.39, 0.29) is 5.92 Å². The highest BCUT2D eigenvalue weighted by atomic mass is 15.0. The van der Waals surface area contributed by atoms with Crippen LogP contribution in [0.25, 0.3) is 16.6 Å². The summed E-state index contributed by atoms with van der Waals surface area (Å²) in [6.45, 7) is 4.00. The smallest absolute Gasteiger partial charge is 0.155 e. The molecule has 8 heteroatoms. The molecule has 8 nitrogen and oxygen atoms in total. The summed E-state index contributed by atoms with van der Waals surface area (Å²) in [6.07, 6.45) is 14.1. The third kappa shape index (κ3) is 5.28. The monoisotopic (exact) mass is 428 g/mol. The van der Waals surface area contributed by atoms with Crippen molar-refractivity contribution >= 4 is 34.5 Å². The summed E-state index contributed by atoms with van der Waals surface area (Å²) in [5.41, 5.74) is 17.9. The number of allylic oxidation sites excluding steroid dienone is 5. The SMILES string of the molecule is CN/C=C(\C(N)=C1C=CNC=C1)c1cnc2ccc(N=C(N)C=C(C=N)C(C)C)nc2c1. The zero-order valence-corrected chi connectivity index (χ0v) is 18.4. The third-order valence-corrected chi connectivity index (χ3v) is 4.83. The minimum absolute atomic E-state index is 0.180. The van der Waals surface area contributed by atoms with Gasteiger partial charge in [0.2, 0.25) is 0 Å². The molecule has 3 heterocycles. The molecule has 1 aliphatic heterocycles. The Morgan fingerprint density at radius 1 is 1.19 bits per heavy atom. The molecule has 0 atom stereocenters. The number of pyridine rings is 2. The minimum atomic E-state index is 0.180. The lowest BCUT2D eigenvalue weighted by atomic mass is 10.0. The van der Waals surface area contributed by atoms with Crippen LogP contribution in [0.4, 0.5) is 5.82 Å². The summed E-state index contributed by atoms with van der Waals surface area (Å²) >= 11 is 0. The summed E-state index contributed by atoms with van der Waals surface area (Å²) in [7, 11) is 1.82. The second-order valence-electron chi connectivity index (χ2n) is 7.46. The summed E-state index contributed by atoms with van der Waals surface area (Å²) in [5.74, 6) is 0.939. The van der Waals surface area contributed by atoms with Gasteiger partial charge in [0.1, 0.15) is 5.84 Å². The predicted molar refractivity (Wildman–Crippen MR) is 132 cm³/mol. The van der Waals surface area contributed by atoms with Crippen LogP contribution < -0.4 is 22.1 Å². The molecule has 0 saturated heterocycles. The van der Waals surface area contributed by atoms with Crippen molar-refractivity contribution in [2.45, 2.75) is 13.8 Å². The number of rotatable bonds is 7. The Labute approximate surface area is 187 Å². The number of hydrogen-bond donors (Lipinski definition) is 5. The molecule has 3 rings (SSSR count). The third-order valence-electron chi connectivity index (χ3n) is 4.83. The van der Waals surface area contributed by atoms with Crippen molar-refractivity contribution in [3.05, 3.63) is 83.6 Å². The predicted octanol–water partition coefficient (Wildman–Crippen LogP) is 3.25. The van der Waals surface area contributed by atoms with Gasteiger partial charge in [-0.2, -0.15) is 0 Å². The van der Waals surface area contributed by atoms with Gasteiger partial charge in [-0.25, -0.2) is 9.98 Å².